The molecular formula is C14H13N3. The number of allylic oxidation sites excluding steroid dienone is 2. The van der Waals surface area contributed by atoms with Crippen LogP contribution in [0.4, 0.5) is 0 Å². The van der Waals surface area contributed by atoms with Crippen LogP contribution >= 0.6 is 0 Å². The number of rotatable bonds is 2. The SMILES string of the molecule is C1=CCN(C=Cc2n[nH]c3ccccc23)C=C1. The van der Waals surface area contributed by atoms with Crippen LogP contribution in [0.3, 0.4) is 0 Å². The molecule has 3 rings (SSSR count). The maximum atomic E-state index is 4.30. The van der Waals surface area contributed by atoms with Gasteiger partial charge in [-0.25, -0.2) is 0 Å². The van der Waals surface area contributed by atoms with Gasteiger partial charge in [0.2, 0.25) is 0 Å². The Bertz CT molecular complexity index is 605. The third kappa shape index (κ3) is 1.99. The number of H-pyrrole nitrogens is 1. The number of aromatic nitrogens is 2. The second-order valence-electron chi connectivity index (χ2n) is 3.94. The molecule has 1 aliphatic heterocycles. The highest BCUT2D eigenvalue weighted by Crippen LogP contribution is 2.16. The monoisotopic (exact) mass is 223 g/mol. The van der Waals surface area contributed by atoms with E-state index < -0.39 is 0 Å². The van der Waals surface area contributed by atoms with Crippen LogP contribution in [0.2, 0.25) is 0 Å². The van der Waals surface area contributed by atoms with Crippen LogP contribution in [0.15, 0.2) is 54.9 Å². The molecule has 0 amide bonds. The van der Waals surface area contributed by atoms with Crippen molar-refractivity contribution in [1.29, 1.82) is 0 Å². The summed E-state index contributed by atoms with van der Waals surface area (Å²) < 4.78 is 0. The number of para-hydroxylation sites is 1. The lowest BCUT2D eigenvalue weighted by Gasteiger charge is -2.14. The van der Waals surface area contributed by atoms with Gasteiger partial charge in [-0.2, -0.15) is 5.10 Å². The van der Waals surface area contributed by atoms with Crippen molar-refractivity contribution >= 4 is 17.0 Å². The molecule has 0 spiro atoms. The molecule has 1 aliphatic rings. The maximum absolute atomic E-state index is 4.30. The van der Waals surface area contributed by atoms with Crippen molar-refractivity contribution < 1.29 is 0 Å². The van der Waals surface area contributed by atoms with E-state index in [1.165, 1.54) is 0 Å². The number of hydrogen-bond acceptors (Lipinski definition) is 2. The summed E-state index contributed by atoms with van der Waals surface area (Å²) in [5.74, 6) is 0. The molecule has 0 aliphatic carbocycles. The molecule has 0 saturated carbocycles. The lowest BCUT2D eigenvalue weighted by molar-refractivity contribution is 0.563. The average Bonchev–Trinajstić information content (AvgIpc) is 2.81. The summed E-state index contributed by atoms with van der Waals surface area (Å²) in [6, 6.07) is 8.14. The van der Waals surface area contributed by atoms with Crippen LogP contribution in [0, 0.1) is 0 Å². The lowest BCUT2D eigenvalue weighted by Crippen LogP contribution is -2.10. The van der Waals surface area contributed by atoms with Gasteiger partial charge in [0.05, 0.1) is 11.2 Å². The number of nitrogens with zero attached hydrogens (tertiary/aromatic N) is 2. The van der Waals surface area contributed by atoms with Crippen molar-refractivity contribution in [1.82, 2.24) is 15.1 Å². The van der Waals surface area contributed by atoms with E-state index in [1.54, 1.807) is 0 Å². The molecule has 0 radical (unpaired) electrons. The first kappa shape index (κ1) is 9.90. The molecule has 2 aromatic rings. The van der Waals surface area contributed by atoms with Gasteiger partial charge >= 0.3 is 0 Å². The van der Waals surface area contributed by atoms with Crippen molar-refractivity contribution in [2.24, 2.45) is 0 Å². The van der Waals surface area contributed by atoms with Gasteiger partial charge < -0.3 is 4.90 Å². The first-order valence-electron chi connectivity index (χ1n) is 5.64. The van der Waals surface area contributed by atoms with Gasteiger partial charge in [-0.3, -0.25) is 5.10 Å². The Morgan fingerprint density at radius 2 is 2.18 bits per heavy atom. The first-order valence-corrected chi connectivity index (χ1v) is 5.64. The Morgan fingerprint density at radius 1 is 1.24 bits per heavy atom. The van der Waals surface area contributed by atoms with Gasteiger partial charge in [0.15, 0.2) is 0 Å². The van der Waals surface area contributed by atoms with Crippen molar-refractivity contribution in [3.05, 3.63) is 60.6 Å². The van der Waals surface area contributed by atoms with Gasteiger partial charge in [0.25, 0.3) is 0 Å². The van der Waals surface area contributed by atoms with Gasteiger partial charge in [-0.05, 0) is 18.2 Å². The predicted molar refractivity (Wildman–Crippen MR) is 70.1 cm³/mol. The molecule has 0 atom stereocenters. The highest BCUT2D eigenvalue weighted by Gasteiger charge is 2.01. The highest BCUT2D eigenvalue weighted by atomic mass is 15.1. The minimum Gasteiger partial charge on any atom is -0.350 e. The Labute approximate surface area is 99.8 Å². The van der Waals surface area contributed by atoms with E-state index in [1.807, 2.05) is 48.8 Å². The quantitative estimate of drug-likeness (QED) is 0.848. The van der Waals surface area contributed by atoms with E-state index in [2.05, 4.69) is 27.2 Å². The van der Waals surface area contributed by atoms with E-state index in [-0.39, 0.29) is 0 Å². The molecule has 0 saturated heterocycles. The van der Waals surface area contributed by atoms with Crippen molar-refractivity contribution in [2.75, 3.05) is 6.54 Å². The standard InChI is InChI=1S/C14H13N3/c1-4-9-17(10-5-1)11-8-14-12-6-2-3-7-13(12)15-16-14/h1-9,11H,10H2,(H,15,16). The number of aromatic amines is 1. The second kappa shape index (κ2) is 4.29. The van der Waals surface area contributed by atoms with Gasteiger partial charge in [-0.15, -0.1) is 0 Å². The molecule has 1 aromatic carbocycles. The number of hydrogen-bond donors (Lipinski definition) is 1. The van der Waals surface area contributed by atoms with Crippen LogP contribution in [-0.2, 0) is 0 Å². The molecule has 0 unspecified atom stereocenters. The summed E-state index contributed by atoms with van der Waals surface area (Å²) in [5.41, 5.74) is 2.05. The Kier molecular flexibility index (Phi) is 2.50. The maximum Gasteiger partial charge on any atom is 0.0941 e. The zero-order valence-corrected chi connectivity index (χ0v) is 9.38. The van der Waals surface area contributed by atoms with Gasteiger partial charge in [-0.1, -0.05) is 30.4 Å². The summed E-state index contributed by atoms with van der Waals surface area (Å²) in [7, 11) is 0. The first-order chi connectivity index (χ1) is 8.43. The summed E-state index contributed by atoms with van der Waals surface area (Å²) in [6.07, 6.45) is 12.3. The van der Waals surface area contributed by atoms with E-state index >= 15 is 0 Å². The fourth-order valence-corrected chi connectivity index (χ4v) is 1.87. The van der Waals surface area contributed by atoms with E-state index in [0.717, 1.165) is 23.1 Å². The molecule has 17 heavy (non-hydrogen) atoms. The fourth-order valence-electron chi connectivity index (χ4n) is 1.87. The molecule has 1 aromatic heterocycles. The van der Waals surface area contributed by atoms with Crippen molar-refractivity contribution in [3.63, 3.8) is 0 Å². The van der Waals surface area contributed by atoms with Crippen molar-refractivity contribution in [3.8, 4) is 0 Å². The summed E-state index contributed by atoms with van der Waals surface area (Å²) in [6.45, 7) is 0.912. The van der Waals surface area contributed by atoms with Gasteiger partial charge in [0.1, 0.15) is 0 Å². The molecular weight excluding hydrogens is 210 g/mol. The van der Waals surface area contributed by atoms with Crippen LogP contribution in [0.1, 0.15) is 5.69 Å². The second-order valence-corrected chi connectivity index (χ2v) is 3.94. The van der Waals surface area contributed by atoms with Crippen LogP contribution in [0.25, 0.3) is 17.0 Å². The zero-order valence-electron chi connectivity index (χ0n) is 9.38. The smallest absolute Gasteiger partial charge is 0.0941 e. The van der Waals surface area contributed by atoms with Crippen molar-refractivity contribution in [2.45, 2.75) is 0 Å². The van der Waals surface area contributed by atoms with E-state index in [0.29, 0.717) is 0 Å². The summed E-state index contributed by atoms with van der Waals surface area (Å²) in [4.78, 5) is 2.11. The Hall–Kier alpha value is -2.29. The lowest BCUT2D eigenvalue weighted by atomic mass is 10.2. The van der Waals surface area contributed by atoms with Crippen LogP contribution in [-0.4, -0.2) is 21.6 Å². The third-order valence-electron chi connectivity index (χ3n) is 2.76. The minimum absolute atomic E-state index is 0.912. The fraction of sp³-hybridized carbons (Fsp3) is 0.0714. The number of nitrogens with one attached hydrogen (secondary N) is 1. The third-order valence-corrected chi connectivity index (χ3v) is 2.76. The minimum atomic E-state index is 0.912. The molecule has 0 bridgehead atoms. The number of fused-ring (bicyclic) bond motifs is 1. The molecule has 3 heteroatoms. The largest absolute Gasteiger partial charge is 0.350 e. The summed E-state index contributed by atoms with van der Waals surface area (Å²) in [5, 5.41) is 8.48. The summed E-state index contributed by atoms with van der Waals surface area (Å²) >= 11 is 0. The highest BCUT2D eigenvalue weighted by molar-refractivity contribution is 5.86. The van der Waals surface area contributed by atoms with Gasteiger partial charge in [0, 0.05) is 24.3 Å². The topological polar surface area (TPSA) is 31.9 Å². The molecule has 84 valence electrons. The Balaban J connectivity index is 1.87. The molecule has 0 fully saturated rings. The number of benzene rings is 1. The van der Waals surface area contributed by atoms with Crippen LogP contribution < -0.4 is 0 Å². The molecule has 2 heterocycles. The zero-order chi connectivity index (χ0) is 11.5. The predicted octanol–water partition coefficient (Wildman–Crippen LogP) is 2.92. The molecule has 3 nitrogen and oxygen atoms in total. The Morgan fingerprint density at radius 3 is 3.06 bits per heavy atom. The van der Waals surface area contributed by atoms with Crippen LogP contribution in [0.5, 0.6) is 0 Å². The normalized spacial score (nSPS) is 15.2. The molecule has 1 N–H and O–H groups in total. The average molecular weight is 223 g/mol. The van der Waals surface area contributed by atoms with E-state index in [4.69, 9.17) is 0 Å². The van der Waals surface area contributed by atoms with E-state index in [9.17, 15) is 0 Å².